The van der Waals surface area contributed by atoms with Gasteiger partial charge in [-0.25, -0.2) is 0 Å². The van der Waals surface area contributed by atoms with Crippen molar-refractivity contribution >= 4 is 17.8 Å². The Labute approximate surface area is 215 Å². The lowest BCUT2D eigenvalue weighted by Gasteiger charge is -2.30. The van der Waals surface area contributed by atoms with Crippen LogP contribution in [0.2, 0.25) is 0 Å². The van der Waals surface area contributed by atoms with Gasteiger partial charge >= 0.3 is 11.9 Å². The van der Waals surface area contributed by atoms with E-state index in [0.29, 0.717) is 12.8 Å². The molecule has 10 nitrogen and oxygen atoms in total. The first-order chi connectivity index (χ1) is 17.8. The van der Waals surface area contributed by atoms with Gasteiger partial charge in [0.25, 0.3) is 5.91 Å². The van der Waals surface area contributed by atoms with Gasteiger partial charge in [-0.15, -0.1) is 5.10 Å². The number of aliphatic hydroxyl groups is 1. The molecule has 3 aromatic rings. The number of benzene rings is 2. The van der Waals surface area contributed by atoms with Gasteiger partial charge in [0, 0.05) is 12.5 Å². The number of aliphatic hydroxyl groups excluding tert-OH is 1. The number of esters is 2. The molecule has 37 heavy (non-hydrogen) atoms. The van der Waals surface area contributed by atoms with Gasteiger partial charge in [0.15, 0.2) is 0 Å². The molecule has 0 radical (unpaired) electrons. The third-order valence-corrected chi connectivity index (χ3v) is 5.94. The molecule has 1 aromatic heterocycles. The van der Waals surface area contributed by atoms with Crippen molar-refractivity contribution in [3.05, 3.63) is 72.1 Å². The van der Waals surface area contributed by atoms with E-state index in [9.17, 15) is 19.5 Å². The molecule has 10 heteroatoms. The first-order valence-corrected chi connectivity index (χ1v) is 12.1. The molecular formula is C27H32N4O6. The van der Waals surface area contributed by atoms with Crippen molar-refractivity contribution in [1.29, 1.82) is 0 Å². The van der Waals surface area contributed by atoms with Crippen molar-refractivity contribution in [2.45, 2.75) is 45.6 Å². The van der Waals surface area contributed by atoms with Crippen LogP contribution in [0.15, 0.2) is 60.8 Å². The number of aromatic amines is 1. The fourth-order valence-corrected chi connectivity index (χ4v) is 3.85. The van der Waals surface area contributed by atoms with E-state index in [-0.39, 0.29) is 18.5 Å². The predicted molar refractivity (Wildman–Crippen MR) is 135 cm³/mol. The van der Waals surface area contributed by atoms with Gasteiger partial charge < -0.3 is 19.9 Å². The van der Waals surface area contributed by atoms with Gasteiger partial charge in [0.05, 0.1) is 18.2 Å². The summed E-state index contributed by atoms with van der Waals surface area (Å²) in [6.07, 6.45) is 2.58. The molecule has 0 aliphatic carbocycles. The molecule has 3 rings (SSSR count). The van der Waals surface area contributed by atoms with Crippen LogP contribution in [0.4, 0.5) is 0 Å². The van der Waals surface area contributed by atoms with Crippen molar-refractivity contribution in [1.82, 2.24) is 20.7 Å². The van der Waals surface area contributed by atoms with Gasteiger partial charge in [-0.05, 0) is 42.9 Å². The molecule has 0 fully saturated rings. The zero-order chi connectivity index (χ0) is 26.7. The monoisotopic (exact) mass is 508 g/mol. The molecule has 0 aliphatic rings. The Hall–Kier alpha value is -4.05. The zero-order valence-corrected chi connectivity index (χ0v) is 21.0. The Balaban J connectivity index is 1.73. The highest BCUT2D eigenvalue weighted by Crippen LogP contribution is 2.27. The number of carbonyl (C=O) groups is 3. The molecule has 1 amide bonds. The number of amides is 1. The van der Waals surface area contributed by atoms with Crippen molar-refractivity contribution < 1.29 is 29.0 Å². The number of aromatic nitrogens is 3. The number of carbonyl (C=O) groups excluding carboxylic acids is 3. The van der Waals surface area contributed by atoms with E-state index in [1.165, 1.54) is 6.20 Å². The minimum Gasteiger partial charge on any atom is -0.428 e. The number of hydrogen-bond acceptors (Lipinski definition) is 8. The fourth-order valence-electron chi connectivity index (χ4n) is 3.85. The Morgan fingerprint density at radius 2 is 1.76 bits per heavy atom. The number of nitrogens with zero attached hydrogens (tertiary/aromatic N) is 2. The minimum atomic E-state index is -1.36. The second-order valence-electron chi connectivity index (χ2n) is 9.05. The first kappa shape index (κ1) is 27.5. The topological polar surface area (TPSA) is 144 Å². The fraction of sp³-hybridized carbons (Fsp3) is 0.370. The Morgan fingerprint density at radius 3 is 2.38 bits per heavy atom. The van der Waals surface area contributed by atoms with E-state index >= 15 is 0 Å². The Morgan fingerprint density at radius 1 is 1.05 bits per heavy atom. The maximum atomic E-state index is 12.8. The summed E-state index contributed by atoms with van der Waals surface area (Å²) >= 11 is 0. The van der Waals surface area contributed by atoms with Gasteiger partial charge in [-0.1, -0.05) is 66.7 Å². The van der Waals surface area contributed by atoms with Crippen LogP contribution in [-0.4, -0.2) is 57.8 Å². The molecule has 0 saturated heterocycles. The number of rotatable bonds is 13. The van der Waals surface area contributed by atoms with Crippen molar-refractivity contribution in [2.24, 2.45) is 5.41 Å². The molecule has 0 saturated carbocycles. The van der Waals surface area contributed by atoms with Gasteiger partial charge in [0.1, 0.15) is 5.69 Å². The quantitative estimate of drug-likeness (QED) is 0.236. The SMILES string of the molecule is CCCC(=O)OCOC(=O)[C@](C)(CO)C[C@@H](Cc1ccc(-c2ccccc2)cc1)NC(=O)c1cnn[nH]1. The molecule has 196 valence electrons. The zero-order valence-electron chi connectivity index (χ0n) is 21.0. The summed E-state index contributed by atoms with van der Waals surface area (Å²) in [4.78, 5) is 37.1. The highest BCUT2D eigenvalue weighted by atomic mass is 16.7. The van der Waals surface area contributed by atoms with Crippen LogP contribution >= 0.6 is 0 Å². The number of ether oxygens (including phenoxy) is 2. The van der Waals surface area contributed by atoms with Crippen LogP contribution in [0.5, 0.6) is 0 Å². The van der Waals surface area contributed by atoms with Crippen LogP contribution < -0.4 is 5.32 Å². The number of nitrogens with one attached hydrogen (secondary N) is 2. The smallest absolute Gasteiger partial charge is 0.317 e. The summed E-state index contributed by atoms with van der Waals surface area (Å²) in [6, 6.07) is 17.3. The standard InChI is InChI=1S/C27H32N4O6/c1-3-7-24(33)36-18-37-26(35)27(2,17-32)15-22(29-25(34)23-16-28-31-30-23)14-19-10-12-21(13-11-19)20-8-5-4-6-9-20/h4-6,8-13,16,22,32H,3,7,14-15,17-18H2,1-2H3,(H,29,34)(H,28,30,31)/t22-,27+/m1/s1. The van der Waals surface area contributed by atoms with E-state index in [4.69, 9.17) is 9.47 Å². The molecule has 0 spiro atoms. The molecule has 0 aliphatic heterocycles. The van der Waals surface area contributed by atoms with Gasteiger partial charge in [-0.2, -0.15) is 0 Å². The van der Waals surface area contributed by atoms with Crippen LogP contribution in [0.3, 0.4) is 0 Å². The average Bonchev–Trinajstić information content (AvgIpc) is 3.45. The number of hydrogen-bond donors (Lipinski definition) is 3. The number of H-pyrrole nitrogens is 1. The summed E-state index contributed by atoms with van der Waals surface area (Å²) in [7, 11) is 0. The highest BCUT2D eigenvalue weighted by molar-refractivity contribution is 5.92. The van der Waals surface area contributed by atoms with Crippen LogP contribution in [0.25, 0.3) is 11.1 Å². The molecule has 0 bridgehead atoms. The molecule has 3 N–H and O–H groups in total. The van der Waals surface area contributed by atoms with E-state index < -0.39 is 42.7 Å². The van der Waals surface area contributed by atoms with Gasteiger partial charge in [0.2, 0.25) is 6.79 Å². The molecular weight excluding hydrogens is 476 g/mol. The average molecular weight is 509 g/mol. The lowest BCUT2D eigenvalue weighted by atomic mass is 9.82. The van der Waals surface area contributed by atoms with Crippen LogP contribution in [-0.2, 0) is 25.5 Å². The molecule has 0 unspecified atom stereocenters. The van der Waals surface area contributed by atoms with E-state index in [0.717, 1.165) is 16.7 Å². The van der Waals surface area contributed by atoms with Crippen LogP contribution in [0, 0.1) is 5.41 Å². The van der Waals surface area contributed by atoms with Crippen molar-refractivity contribution in [3.63, 3.8) is 0 Å². The Kier molecular flexibility index (Phi) is 9.91. The maximum Gasteiger partial charge on any atom is 0.317 e. The highest BCUT2D eigenvalue weighted by Gasteiger charge is 2.38. The summed E-state index contributed by atoms with van der Waals surface area (Å²) < 4.78 is 10.0. The lowest BCUT2D eigenvalue weighted by molar-refractivity contribution is -0.176. The largest absolute Gasteiger partial charge is 0.428 e. The van der Waals surface area contributed by atoms with E-state index in [1.54, 1.807) is 6.92 Å². The van der Waals surface area contributed by atoms with Crippen molar-refractivity contribution in [3.8, 4) is 11.1 Å². The normalized spacial score (nSPS) is 13.3. The summed E-state index contributed by atoms with van der Waals surface area (Å²) in [5.41, 5.74) is 1.87. The summed E-state index contributed by atoms with van der Waals surface area (Å²) in [6.45, 7) is 2.31. The van der Waals surface area contributed by atoms with Crippen LogP contribution in [0.1, 0.15) is 49.2 Å². The Bertz CT molecular complexity index is 1150. The second-order valence-corrected chi connectivity index (χ2v) is 9.05. The third kappa shape index (κ3) is 7.97. The molecule has 2 atom stereocenters. The minimum absolute atomic E-state index is 0.0684. The first-order valence-electron chi connectivity index (χ1n) is 12.1. The lowest BCUT2D eigenvalue weighted by Crippen LogP contribution is -2.45. The predicted octanol–water partition coefficient (Wildman–Crippen LogP) is 3.05. The molecule has 2 aromatic carbocycles. The van der Waals surface area contributed by atoms with E-state index in [1.807, 2.05) is 61.5 Å². The molecule has 1 heterocycles. The summed E-state index contributed by atoms with van der Waals surface area (Å²) in [5, 5.41) is 22.7. The summed E-state index contributed by atoms with van der Waals surface area (Å²) in [5.74, 6) is -1.66. The van der Waals surface area contributed by atoms with Crippen molar-refractivity contribution in [2.75, 3.05) is 13.4 Å². The second kappa shape index (κ2) is 13.3. The van der Waals surface area contributed by atoms with E-state index in [2.05, 4.69) is 20.7 Å². The van der Waals surface area contributed by atoms with Gasteiger partial charge in [-0.3, -0.25) is 19.5 Å². The maximum absolute atomic E-state index is 12.8. The third-order valence-electron chi connectivity index (χ3n) is 5.94.